The van der Waals surface area contributed by atoms with Crippen molar-refractivity contribution in [1.29, 1.82) is 0 Å². The lowest BCUT2D eigenvalue weighted by Crippen LogP contribution is -2.57. The van der Waals surface area contributed by atoms with Crippen LogP contribution in [0.5, 0.6) is 0 Å². The lowest BCUT2D eigenvalue weighted by atomic mass is 9.99. The highest BCUT2D eigenvalue weighted by molar-refractivity contribution is 5.90. The van der Waals surface area contributed by atoms with Gasteiger partial charge in [-0.25, -0.2) is 4.98 Å². The van der Waals surface area contributed by atoms with Gasteiger partial charge in [-0.3, -0.25) is 14.6 Å². The minimum Gasteiger partial charge on any atom is -0.364 e. The summed E-state index contributed by atoms with van der Waals surface area (Å²) in [5, 5.41) is 0. The van der Waals surface area contributed by atoms with Gasteiger partial charge in [0.15, 0.2) is 0 Å². The Morgan fingerprint density at radius 1 is 1.53 bits per heavy atom. The molecular weight excluding hydrogens is 240 g/mol. The second kappa shape index (κ2) is 5.27. The maximum Gasteiger partial charge on any atom is 0.267 e. The zero-order valence-corrected chi connectivity index (χ0v) is 11.8. The molecule has 2 heterocycles. The summed E-state index contributed by atoms with van der Waals surface area (Å²) in [6.07, 6.45) is 0. The van der Waals surface area contributed by atoms with Gasteiger partial charge in [-0.2, -0.15) is 0 Å². The third-order valence-electron chi connectivity index (χ3n) is 3.77. The van der Waals surface area contributed by atoms with Crippen molar-refractivity contribution < 1.29 is 4.79 Å². The van der Waals surface area contributed by atoms with Gasteiger partial charge in [0, 0.05) is 37.8 Å². The van der Waals surface area contributed by atoms with Crippen LogP contribution < -0.4 is 5.73 Å². The number of primary amides is 1. The standard InChI is InChI=1S/C14H21N4O/c1-14(2)10-18(8-7-17(14)3)9-11-5-4-6-12(16-11)13(15)19/h4-5H,7-10H2,1-3H3,(H2,15,19). The van der Waals surface area contributed by atoms with E-state index < -0.39 is 5.91 Å². The van der Waals surface area contributed by atoms with Crippen molar-refractivity contribution in [2.24, 2.45) is 5.73 Å². The molecule has 1 aromatic rings. The third kappa shape index (κ3) is 3.30. The van der Waals surface area contributed by atoms with E-state index in [4.69, 9.17) is 5.73 Å². The number of carbonyl (C=O) groups excluding carboxylic acids is 1. The maximum atomic E-state index is 11.1. The Kier molecular flexibility index (Phi) is 3.87. The first kappa shape index (κ1) is 14.0. The maximum absolute atomic E-state index is 11.1. The van der Waals surface area contributed by atoms with Crippen LogP contribution in [0.1, 0.15) is 30.0 Å². The molecule has 5 nitrogen and oxygen atoms in total. The molecule has 103 valence electrons. The van der Waals surface area contributed by atoms with Crippen LogP contribution in [0, 0.1) is 6.07 Å². The van der Waals surface area contributed by atoms with E-state index in [1.807, 2.05) is 6.07 Å². The van der Waals surface area contributed by atoms with Gasteiger partial charge in [0.2, 0.25) is 0 Å². The van der Waals surface area contributed by atoms with E-state index in [1.165, 1.54) is 0 Å². The fraction of sp³-hybridized carbons (Fsp3) is 0.571. The number of pyridine rings is 1. The Morgan fingerprint density at radius 2 is 2.26 bits per heavy atom. The summed E-state index contributed by atoms with van der Waals surface area (Å²) >= 11 is 0. The summed E-state index contributed by atoms with van der Waals surface area (Å²) in [5.74, 6) is -0.527. The number of likely N-dealkylation sites (N-methyl/N-ethyl adjacent to an activating group) is 1. The second-order valence-corrected chi connectivity index (χ2v) is 5.74. The number of nitrogens with zero attached hydrogens (tertiary/aromatic N) is 3. The first-order valence-corrected chi connectivity index (χ1v) is 6.49. The van der Waals surface area contributed by atoms with Gasteiger partial charge in [-0.15, -0.1) is 0 Å². The van der Waals surface area contributed by atoms with Crippen LogP contribution in [-0.4, -0.2) is 52.9 Å². The van der Waals surface area contributed by atoms with Gasteiger partial charge in [0.1, 0.15) is 5.69 Å². The number of amides is 1. The molecule has 19 heavy (non-hydrogen) atoms. The molecule has 0 bridgehead atoms. The molecule has 1 aliphatic rings. The normalized spacial score (nSPS) is 20.4. The minimum atomic E-state index is -0.527. The summed E-state index contributed by atoms with van der Waals surface area (Å²) in [7, 11) is 2.15. The smallest absolute Gasteiger partial charge is 0.267 e. The highest BCUT2D eigenvalue weighted by Crippen LogP contribution is 2.19. The Hall–Kier alpha value is -1.46. The molecule has 0 atom stereocenters. The van der Waals surface area contributed by atoms with Crippen LogP contribution in [0.25, 0.3) is 0 Å². The second-order valence-electron chi connectivity index (χ2n) is 5.74. The predicted octanol–water partition coefficient (Wildman–Crippen LogP) is 0.507. The van der Waals surface area contributed by atoms with Gasteiger partial charge >= 0.3 is 0 Å². The molecule has 1 amide bonds. The molecule has 1 aliphatic heterocycles. The van der Waals surface area contributed by atoms with Gasteiger partial charge in [-0.05, 0) is 27.0 Å². The van der Waals surface area contributed by atoms with Crippen molar-refractivity contribution >= 4 is 5.91 Å². The minimum absolute atomic E-state index is 0.158. The molecule has 1 radical (unpaired) electrons. The Balaban J connectivity index is 2.05. The van der Waals surface area contributed by atoms with Gasteiger partial charge < -0.3 is 5.73 Å². The number of aromatic nitrogens is 1. The van der Waals surface area contributed by atoms with Crippen molar-refractivity contribution in [3.8, 4) is 0 Å². The molecular formula is C14H21N4O. The summed E-state index contributed by atoms with van der Waals surface area (Å²) < 4.78 is 0. The van der Waals surface area contributed by atoms with E-state index in [-0.39, 0.29) is 11.2 Å². The first-order valence-electron chi connectivity index (χ1n) is 6.49. The summed E-state index contributed by atoms with van der Waals surface area (Å²) in [4.78, 5) is 20.1. The molecule has 1 fully saturated rings. The molecule has 0 aromatic carbocycles. The van der Waals surface area contributed by atoms with Crippen molar-refractivity contribution in [3.05, 3.63) is 29.6 Å². The number of rotatable bonds is 3. The monoisotopic (exact) mass is 261 g/mol. The molecule has 5 heteroatoms. The van der Waals surface area contributed by atoms with Crippen LogP contribution in [0.2, 0.25) is 0 Å². The number of nitrogens with two attached hydrogens (primary N) is 1. The molecule has 0 unspecified atom stereocenters. The van der Waals surface area contributed by atoms with E-state index in [0.29, 0.717) is 0 Å². The molecule has 0 aliphatic carbocycles. The van der Waals surface area contributed by atoms with E-state index in [0.717, 1.165) is 31.9 Å². The van der Waals surface area contributed by atoms with Crippen molar-refractivity contribution in [3.63, 3.8) is 0 Å². The number of hydrogen-bond acceptors (Lipinski definition) is 4. The average Bonchev–Trinajstić information content (AvgIpc) is 2.34. The SMILES string of the molecule is CN1CCN(Cc2cc[c]c(C(N)=O)n2)CC1(C)C. The lowest BCUT2D eigenvalue weighted by Gasteiger charge is -2.45. The van der Waals surface area contributed by atoms with Crippen LogP contribution in [-0.2, 0) is 6.54 Å². The van der Waals surface area contributed by atoms with Gasteiger partial charge in [0.05, 0.1) is 5.69 Å². The van der Waals surface area contributed by atoms with E-state index in [2.05, 4.69) is 41.7 Å². The third-order valence-corrected chi connectivity index (χ3v) is 3.77. The fourth-order valence-corrected chi connectivity index (χ4v) is 2.35. The Morgan fingerprint density at radius 3 is 2.89 bits per heavy atom. The van der Waals surface area contributed by atoms with Crippen LogP contribution in [0.3, 0.4) is 0 Å². The van der Waals surface area contributed by atoms with Crippen molar-refractivity contribution in [2.45, 2.75) is 25.9 Å². The Labute approximate surface area is 114 Å². The molecule has 1 saturated heterocycles. The lowest BCUT2D eigenvalue weighted by molar-refractivity contribution is 0.0354. The zero-order valence-electron chi connectivity index (χ0n) is 11.8. The van der Waals surface area contributed by atoms with Crippen LogP contribution in [0.15, 0.2) is 12.1 Å². The average molecular weight is 261 g/mol. The zero-order chi connectivity index (χ0) is 14.0. The van der Waals surface area contributed by atoms with Crippen molar-refractivity contribution in [1.82, 2.24) is 14.8 Å². The molecule has 2 N–H and O–H groups in total. The first-order chi connectivity index (χ1) is 8.88. The van der Waals surface area contributed by atoms with Gasteiger partial charge in [0.25, 0.3) is 5.91 Å². The fourth-order valence-electron chi connectivity index (χ4n) is 2.35. The molecule has 2 rings (SSSR count). The van der Waals surface area contributed by atoms with Crippen LogP contribution in [0.4, 0.5) is 0 Å². The molecule has 0 spiro atoms. The van der Waals surface area contributed by atoms with Crippen molar-refractivity contribution in [2.75, 3.05) is 26.7 Å². The quantitative estimate of drug-likeness (QED) is 0.861. The van der Waals surface area contributed by atoms with Crippen LogP contribution >= 0.6 is 0 Å². The topological polar surface area (TPSA) is 62.5 Å². The molecule has 1 aromatic heterocycles. The van der Waals surface area contributed by atoms with E-state index in [1.54, 1.807) is 6.07 Å². The summed E-state index contributed by atoms with van der Waals surface area (Å²) in [6.45, 7) is 8.24. The predicted molar refractivity (Wildman–Crippen MR) is 73.6 cm³/mol. The highest BCUT2D eigenvalue weighted by Gasteiger charge is 2.30. The summed E-state index contributed by atoms with van der Waals surface area (Å²) in [6, 6.07) is 6.36. The Bertz CT molecular complexity index is 472. The largest absolute Gasteiger partial charge is 0.364 e. The summed E-state index contributed by atoms with van der Waals surface area (Å²) in [5.41, 5.74) is 6.46. The van der Waals surface area contributed by atoms with Gasteiger partial charge in [-0.1, -0.05) is 6.07 Å². The number of hydrogen-bond donors (Lipinski definition) is 1. The molecule has 0 saturated carbocycles. The van der Waals surface area contributed by atoms with E-state index in [9.17, 15) is 4.79 Å². The number of piperazine rings is 1. The number of carbonyl (C=O) groups is 1. The highest BCUT2D eigenvalue weighted by atomic mass is 16.1. The van der Waals surface area contributed by atoms with E-state index >= 15 is 0 Å².